The van der Waals surface area contributed by atoms with Crippen LogP contribution in [0.4, 0.5) is 11.4 Å². The molecule has 30 heavy (non-hydrogen) atoms. The largest absolute Gasteiger partial charge is 0.368 e. The van der Waals surface area contributed by atoms with E-state index in [1.807, 2.05) is 17.0 Å². The summed E-state index contributed by atoms with van der Waals surface area (Å²) in [6.07, 6.45) is 12.2. The Bertz CT molecular complexity index is 659. The Kier molecular flexibility index (Phi) is 9.03. The summed E-state index contributed by atoms with van der Waals surface area (Å²) in [4.78, 5) is 28.9. The Morgan fingerprint density at radius 3 is 2.30 bits per heavy atom. The lowest BCUT2D eigenvalue weighted by Gasteiger charge is -2.36. The highest BCUT2D eigenvalue weighted by molar-refractivity contribution is 5.90. The van der Waals surface area contributed by atoms with Gasteiger partial charge in [0, 0.05) is 50.4 Å². The SMILES string of the molecule is CCCCCCC(=O)Nc1ccc(N2CCN(C(=O)CCC3CCCC3)CC2)cc1. The van der Waals surface area contributed by atoms with Crippen molar-refractivity contribution in [1.29, 1.82) is 0 Å². The van der Waals surface area contributed by atoms with Gasteiger partial charge in [-0.15, -0.1) is 0 Å². The number of anilines is 2. The summed E-state index contributed by atoms with van der Waals surface area (Å²) in [5, 5.41) is 3.00. The molecule has 3 rings (SSSR count). The maximum Gasteiger partial charge on any atom is 0.224 e. The molecule has 1 aromatic rings. The highest BCUT2D eigenvalue weighted by Gasteiger charge is 2.23. The number of amides is 2. The van der Waals surface area contributed by atoms with E-state index < -0.39 is 0 Å². The smallest absolute Gasteiger partial charge is 0.224 e. The fourth-order valence-corrected chi connectivity index (χ4v) is 4.69. The lowest BCUT2D eigenvalue weighted by Crippen LogP contribution is -2.48. The maximum absolute atomic E-state index is 12.5. The van der Waals surface area contributed by atoms with E-state index in [4.69, 9.17) is 0 Å². The van der Waals surface area contributed by atoms with Crippen molar-refractivity contribution in [3.05, 3.63) is 24.3 Å². The molecule has 5 heteroatoms. The first-order valence-corrected chi connectivity index (χ1v) is 12.1. The second-order valence-corrected chi connectivity index (χ2v) is 8.96. The standard InChI is InChI=1S/C25H39N3O2/c1-2-3-4-5-10-24(29)26-22-12-14-23(15-13-22)27-17-19-28(20-18-27)25(30)16-11-21-8-6-7-9-21/h12-15,21H,2-11,16-20H2,1H3,(H,26,29). The number of carbonyl (C=O) groups excluding carboxylic acids is 2. The van der Waals surface area contributed by atoms with E-state index in [1.54, 1.807) is 0 Å². The normalized spacial score (nSPS) is 17.4. The third kappa shape index (κ3) is 7.03. The van der Waals surface area contributed by atoms with Gasteiger partial charge >= 0.3 is 0 Å². The van der Waals surface area contributed by atoms with E-state index in [0.29, 0.717) is 12.3 Å². The summed E-state index contributed by atoms with van der Waals surface area (Å²) in [7, 11) is 0. The predicted octanol–water partition coefficient (Wildman–Crippen LogP) is 5.21. The second-order valence-electron chi connectivity index (χ2n) is 8.96. The van der Waals surface area contributed by atoms with Crippen molar-refractivity contribution in [2.75, 3.05) is 36.4 Å². The van der Waals surface area contributed by atoms with Gasteiger partial charge in [-0.05, 0) is 43.0 Å². The molecular weight excluding hydrogens is 374 g/mol. The number of rotatable bonds is 10. The average molecular weight is 414 g/mol. The first-order valence-electron chi connectivity index (χ1n) is 12.1. The van der Waals surface area contributed by atoms with Gasteiger partial charge in [0.25, 0.3) is 0 Å². The maximum atomic E-state index is 12.5. The Balaban J connectivity index is 1.37. The molecule has 1 saturated heterocycles. The van der Waals surface area contributed by atoms with Crippen LogP contribution in [0.3, 0.4) is 0 Å². The van der Waals surface area contributed by atoms with Crippen molar-refractivity contribution in [3.63, 3.8) is 0 Å². The summed E-state index contributed by atoms with van der Waals surface area (Å²) in [5.41, 5.74) is 2.02. The van der Waals surface area contributed by atoms with E-state index in [0.717, 1.165) is 69.2 Å². The number of benzene rings is 1. The molecular formula is C25H39N3O2. The molecule has 1 aromatic carbocycles. The van der Waals surface area contributed by atoms with Crippen molar-refractivity contribution in [2.45, 2.75) is 77.6 Å². The minimum atomic E-state index is 0.101. The van der Waals surface area contributed by atoms with E-state index in [1.165, 1.54) is 38.5 Å². The monoisotopic (exact) mass is 413 g/mol. The molecule has 0 bridgehead atoms. The molecule has 2 amide bonds. The highest BCUT2D eigenvalue weighted by atomic mass is 16.2. The number of nitrogens with one attached hydrogen (secondary N) is 1. The summed E-state index contributed by atoms with van der Waals surface area (Å²) < 4.78 is 0. The summed E-state index contributed by atoms with van der Waals surface area (Å²) in [5.74, 6) is 1.22. The van der Waals surface area contributed by atoms with Gasteiger partial charge in [-0.2, -0.15) is 0 Å². The number of piperazine rings is 1. The molecule has 0 spiro atoms. The van der Waals surface area contributed by atoms with Gasteiger partial charge < -0.3 is 15.1 Å². The molecule has 2 fully saturated rings. The molecule has 1 heterocycles. The number of unbranched alkanes of at least 4 members (excludes halogenated alkanes) is 3. The Hall–Kier alpha value is -2.04. The third-order valence-electron chi connectivity index (χ3n) is 6.65. The van der Waals surface area contributed by atoms with Gasteiger partial charge in [0.2, 0.25) is 11.8 Å². The molecule has 2 aliphatic rings. The van der Waals surface area contributed by atoms with E-state index >= 15 is 0 Å². The van der Waals surface area contributed by atoms with Gasteiger partial charge in [0.1, 0.15) is 0 Å². The molecule has 1 saturated carbocycles. The van der Waals surface area contributed by atoms with Gasteiger partial charge in [0.15, 0.2) is 0 Å². The summed E-state index contributed by atoms with van der Waals surface area (Å²) >= 11 is 0. The lowest BCUT2D eigenvalue weighted by molar-refractivity contribution is -0.131. The van der Waals surface area contributed by atoms with Crippen LogP contribution in [0.15, 0.2) is 24.3 Å². The Labute approximate surface area is 182 Å². The van der Waals surface area contributed by atoms with Crippen LogP contribution in [0.1, 0.15) is 77.6 Å². The van der Waals surface area contributed by atoms with Crippen molar-refractivity contribution in [1.82, 2.24) is 4.90 Å². The number of hydrogen-bond donors (Lipinski definition) is 1. The minimum absolute atomic E-state index is 0.101. The van der Waals surface area contributed by atoms with E-state index in [2.05, 4.69) is 29.3 Å². The summed E-state index contributed by atoms with van der Waals surface area (Å²) in [6.45, 7) is 5.53. The molecule has 166 valence electrons. The fraction of sp³-hybridized carbons (Fsp3) is 0.680. The number of hydrogen-bond acceptors (Lipinski definition) is 3. The van der Waals surface area contributed by atoms with Crippen LogP contribution >= 0.6 is 0 Å². The Morgan fingerprint density at radius 1 is 0.933 bits per heavy atom. The van der Waals surface area contributed by atoms with Crippen molar-refractivity contribution in [2.24, 2.45) is 5.92 Å². The Morgan fingerprint density at radius 2 is 1.63 bits per heavy atom. The molecule has 0 aromatic heterocycles. The highest BCUT2D eigenvalue weighted by Crippen LogP contribution is 2.29. The molecule has 1 aliphatic carbocycles. The summed E-state index contributed by atoms with van der Waals surface area (Å²) in [6, 6.07) is 8.12. The zero-order chi connectivity index (χ0) is 21.2. The second kappa shape index (κ2) is 12.0. The molecule has 5 nitrogen and oxygen atoms in total. The average Bonchev–Trinajstić information content (AvgIpc) is 3.29. The fourth-order valence-electron chi connectivity index (χ4n) is 4.69. The van der Waals surface area contributed by atoms with Crippen molar-refractivity contribution in [3.8, 4) is 0 Å². The third-order valence-corrected chi connectivity index (χ3v) is 6.65. The first-order chi connectivity index (χ1) is 14.7. The van der Waals surface area contributed by atoms with Crippen molar-refractivity contribution >= 4 is 23.2 Å². The van der Waals surface area contributed by atoms with E-state index in [-0.39, 0.29) is 5.91 Å². The van der Waals surface area contributed by atoms with Crippen LogP contribution in [-0.4, -0.2) is 42.9 Å². The zero-order valence-corrected chi connectivity index (χ0v) is 18.7. The van der Waals surface area contributed by atoms with Crippen LogP contribution in [0.2, 0.25) is 0 Å². The quantitative estimate of drug-likeness (QED) is 0.535. The van der Waals surface area contributed by atoms with Crippen LogP contribution < -0.4 is 10.2 Å². The molecule has 0 atom stereocenters. The molecule has 1 aliphatic heterocycles. The molecule has 0 radical (unpaired) electrons. The lowest BCUT2D eigenvalue weighted by atomic mass is 10.0. The minimum Gasteiger partial charge on any atom is -0.368 e. The zero-order valence-electron chi connectivity index (χ0n) is 18.7. The van der Waals surface area contributed by atoms with Gasteiger partial charge in [-0.3, -0.25) is 9.59 Å². The van der Waals surface area contributed by atoms with E-state index in [9.17, 15) is 9.59 Å². The number of carbonyl (C=O) groups is 2. The predicted molar refractivity (Wildman–Crippen MR) is 124 cm³/mol. The first kappa shape index (κ1) is 22.6. The topological polar surface area (TPSA) is 52.7 Å². The van der Waals surface area contributed by atoms with Crippen LogP contribution in [0.25, 0.3) is 0 Å². The molecule has 0 unspecified atom stereocenters. The van der Waals surface area contributed by atoms with Crippen LogP contribution in [0, 0.1) is 5.92 Å². The van der Waals surface area contributed by atoms with Crippen molar-refractivity contribution < 1.29 is 9.59 Å². The number of nitrogens with zero attached hydrogens (tertiary/aromatic N) is 2. The van der Waals surface area contributed by atoms with Crippen LogP contribution in [-0.2, 0) is 9.59 Å². The van der Waals surface area contributed by atoms with Crippen LogP contribution in [0.5, 0.6) is 0 Å². The van der Waals surface area contributed by atoms with Gasteiger partial charge in [-0.1, -0.05) is 51.9 Å². The molecule has 1 N–H and O–H groups in total. The van der Waals surface area contributed by atoms with Gasteiger partial charge in [0.05, 0.1) is 0 Å². The van der Waals surface area contributed by atoms with Gasteiger partial charge in [-0.25, -0.2) is 0 Å².